The standard InChI is InChI=1S/C12H17FO/c1-3-6-12(14)9(2)10-7-4-5-8-11(10)13/h4-5,7-9,12,14H,3,6H2,1-2H3. The minimum absolute atomic E-state index is 0.129. The van der Waals surface area contributed by atoms with Crippen LogP contribution in [0.5, 0.6) is 0 Å². The van der Waals surface area contributed by atoms with E-state index in [2.05, 4.69) is 0 Å². The third kappa shape index (κ3) is 2.55. The monoisotopic (exact) mass is 196 g/mol. The smallest absolute Gasteiger partial charge is 0.126 e. The zero-order chi connectivity index (χ0) is 10.6. The van der Waals surface area contributed by atoms with Gasteiger partial charge >= 0.3 is 0 Å². The summed E-state index contributed by atoms with van der Waals surface area (Å²) in [6, 6.07) is 6.63. The number of hydrogen-bond donors (Lipinski definition) is 1. The molecule has 1 aromatic carbocycles. The van der Waals surface area contributed by atoms with Crippen molar-refractivity contribution < 1.29 is 9.50 Å². The van der Waals surface area contributed by atoms with Gasteiger partial charge < -0.3 is 5.11 Å². The minimum atomic E-state index is -0.447. The van der Waals surface area contributed by atoms with E-state index in [0.717, 1.165) is 12.8 Å². The Bertz CT molecular complexity index is 285. The number of hydrogen-bond acceptors (Lipinski definition) is 1. The first kappa shape index (κ1) is 11.2. The molecule has 0 aliphatic rings. The Morgan fingerprint density at radius 2 is 2.00 bits per heavy atom. The Morgan fingerprint density at radius 1 is 1.36 bits per heavy atom. The fraction of sp³-hybridized carbons (Fsp3) is 0.500. The minimum Gasteiger partial charge on any atom is -0.393 e. The molecule has 14 heavy (non-hydrogen) atoms. The predicted octanol–water partition coefficient (Wildman–Crippen LogP) is 3.09. The van der Waals surface area contributed by atoms with Crippen molar-refractivity contribution >= 4 is 0 Å². The molecule has 1 aromatic rings. The molecule has 0 aliphatic heterocycles. The van der Waals surface area contributed by atoms with Crippen molar-refractivity contribution in [2.45, 2.75) is 38.7 Å². The van der Waals surface area contributed by atoms with E-state index in [0.29, 0.717) is 5.56 Å². The molecule has 0 aromatic heterocycles. The summed E-state index contributed by atoms with van der Waals surface area (Å²) in [5.41, 5.74) is 0.605. The molecule has 78 valence electrons. The number of aliphatic hydroxyl groups is 1. The lowest BCUT2D eigenvalue weighted by atomic mass is 9.92. The highest BCUT2D eigenvalue weighted by Crippen LogP contribution is 2.24. The van der Waals surface area contributed by atoms with Crippen LogP contribution in [0.15, 0.2) is 24.3 Å². The first-order chi connectivity index (χ1) is 6.66. The molecule has 1 nitrogen and oxygen atoms in total. The van der Waals surface area contributed by atoms with Gasteiger partial charge in [0.05, 0.1) is 6.10 Å². The molecular formula is C12H17FO. The van der Waals surface area contributed by atoms with Crippen LogP contribution in [0.1, 0.15) is 38.2 Å². The van der Waals surface area contributed by atoms with Crippen LogP contribution in [0.25, 0.3) is 0 Å². The number of rotatable bonds is 4. The summed E-state index contributed by atoms with van der Waals surface area (Å²) in [6.45, 7) is 3.87. The maximum atomic E-state index is 13.3. The van der Waals surface area contributed by atoms with Crippen LogP contribution in [0.4, 0.5) is 4.39 Å². The molecule has 1 N–H and O–H groups in total. The van der Waals surface area contributed by atoms with Crippen LogP contribution < -0.4 is 0 Å². The van der Waals surface area contributed by atoms with Crippen molar-refractivity contribution in [1.82, 2.24) is 0 Å². The maximum absolute atomic E-state index is 13.3. The van der Waals surface area contributed by atoms with Crippen molar-refractivity contribution in [3.05, 3.63) is 35.6 Å². The van der Waals surface area contributed by atoms with Crippen LogP contribution in [0.2, 0.25) is 0 Å². The first-order valence-corrected chi connectivity index (χ1v) is 5.09. The van der Waals surface area contributed by atoms with Gasteiger partial charge in [0.1, 0.15) is 5.82 Å². The summed E-state index contributed by atoms with van der Waals surface area (Å²) in [5.74, 6) is -0.355. The average Bonchev–Trinajstić information content (AvgIpc) is 2.18. The Balaban J connectivity index is 2.78. The van der Waals surface area contributed by atoms with Gasteiger partial charge in [-0.15, -0.1) is 0 Å². The highest BCUT2D eigenvalue weighted by atomic mass is 19.1. The summed E-state index contributed by atoms with van der Waals surface area (Å²) < 4.78 is 13.3. The number of benzene rings is 1. The molecule has 0 saturated heterocycles. The number of aliphatic hydroxyl groups excluding tert-OH is 1. The second kappa shape index (κ2) is 5.11. The van der Waals surface area contributed by atoms with E-state index in [-0.39, 0.29) is 11.7 Å². The van der Waals surface area contributed by atoms with E-state index in [1.807, 2.05) is 13.8 Å². The Hall–Kier alpha value is -0.890. The normalized spacial score (nSPS) is 15.1. The highest BCUT2D eigenvalue weighted by Gasteiger charge is 2.17. The van der Waals surface area contributed by atoms with E-state index in [1.165, 1.54) is 6.07 Å². The van der Waals surface area contributed by atoms with Crippen LogP contribution in [0, 0.1) is 5.82 Å². The molecule has 0 bridgehead atoms. The third-order valence-corrected chi connectivity index (χ3v) is 2.56. The molecule has 0 spiro atoms. The largest absolute Gasteiger partial charge is 0.393 e. The van der Waals surface area contributed by atoms with Crippen LogP contribution >= 0.6 is 0 Å². The SMILES string of the molecule is CCCC(O)C(C)c1ccccc1F. The summed E-state index contributed by atoms with van der Waals surface area (Å²) in [7, 11) is 0. The molecule has 2 atom stereocenters. The summed E-state index contributed by atoms with van der Waals surface area (Å²) in [5, 5.41) is 9.73. The topological polar surface area (TPSA) is 20.2 Å². The van der Waals surface area contributed by atoms with Gasteiger partial charge in [-0.1, -0.05) is 38.5 Å². The van der Waals surface area contributed by atoms with Crippen molar-refractivity contribution in [3.63, 3.8) is 0 Å². The quantitative estimate of drug-likeness (QED) is 0.784. The van der Waals surface area contributed by atoms with Gasteiger partial charge in [-0.2, -0.15) is 0 Å². The molecule has 0 saturated carbocycles. The van der Waals surface area contributed by atoms with Gasteiger partial charge in [-0.05, 0) is 18.1 Å². The van der Waals surface area contributed by atoms with Crippen molar-refractivity contribution in [1.29, 1.82) is 0 Å². The predicted molar refractivity (Wildman–Crippen MR) is 55.7 cm³/mol. The lowest BCUT2D eigenvalue weighted by Crippen LogP contribution is -2.16. The first-order valence-electron chi connectivity index (χ1n) is 5.09. The summed E-state index contributed by atoms with van der Waals surface area (Å²) in [6.07, 6.45) is 1.19. The van der Waals surface area contributed by atoms with Crippen molar-refractivity contribution in [2.75, 3.05) is 0 Å². The van der Waals surface area contributed by atoms with Gasteiger partial charge in [0, 0.05) is 5.92 Å². The Kier molecular flexibility index (Phi) is 4.08. The molecule has 0 fully saturated rings. The fourth-order valence-electron chi connectivity index (χ4n) is 1.60. The van der Waals surface area contributed by atoms with Gasteiger partial charge in [-0.3, -0.25) is 0 Å². The van der Waals surface area contributed by atoms with Crippen LogP contribution in [-0.4, -0.2) is 11.2 Å². The zero-order valence-electron chi connectivity index (χ0n) is 8.70. The van der Waals surface area contributed by atoms with E-state index >= 15 is 0 Å². The Labute approximate surface area is 84.6 Å². The number of halogens is 1. The lowest BCUT2D eigenvalue weighted by molar-refractivity contribution is 0.137. The molecule has 0 aliphatic carbocycles. The van der Waals surface area contributed by atoms with Crippen LogP contribution in [0.3, 0.4) is 0 Å². The second-order valence-corrected chi connectivity index (χ2v) is 3.67. The Morgan fingerprint density at radius 3 is 2.57 bits per heavy atom. The van der Waals surface area contributed by atoms with E-state index < -0.39 is 6.10 Å². The fourth-order valence-corrected chi connectivity index (χ4v) is 1.60. The summed E-state index contributed by atoms with van der Waals surface area (Å²) in [4.78, 5) is 0. The highest BCUT2D eigenvalue weighted by molar-refractivity contribution is 5.22. The zero-order valence-corrected chi connectivity index (χ0v) is 8.70. The van der Waals surface area contributed by atoms with E-state index in [1.54, 1.807) is 18.2 Å². The second-order valence-electron chi connectivity index (χ2n) is 3.67. The maximum Gasteiger partial charge on any atom is 0.126 e. The molecule has 0 amide bonds. The molecule has 1 rings (SSSR count). The molecule has 2 unspecified atom stereocenters. The molecule has 0 heterocycles. The van der Waals surface area contributed by atoms with Crippen molar-refractivity contribution in [3.8, 4) is 0 Å². The van der Waals surface area contributed by atoms with Gasteiger partial charge in [0.25, 0.3) is 0 Å². The third-order valence-electron chi connectivity index (χ3n) is 2.56. The molecule has 0 radical (unpaired) electrons. The molecular weight excluding hydrogens is 179 g/mol. The summed E-state index contributed by atoms with van der Waals surface area (Å²) >= 11 is 0. The lowest BCUT2D eigenvalue weighted by Gasteiger charge is -2.18. The molecule has 2 heteroatoms. The van der Waals surface area contributed by atoms with Gasteiger partial charge in [-0.25, -0.2) is 4.39 Å². The van der Waals surface area contributed by atoms with E-state index in [9.17, 15) is 9.50 Å². The van der Waals surface area contributed by atoms with Gasteiger partial charge in [0.2, 0.25) is 0 Å². The van der Waals surface area contributed by atoms with Crippen LogP contribution in [-0.2, 0) is 0 Å². The van der Waals surface area contributed by atoms with Gasteiger partial charge in [0.15, 0.2) is 0 Å². The average molecular weight is 196 g/mol. The van der Waals surface area contributed by atoms with Crippen molar-refractivity contribution in [2.24, 2.45) is 0 Å². The van der Waals surface area contributed by atoms with E-state index in [4.69, 9.17) is 0 Å².